The Balaban J connectivity index is 2.17. The minimum absolute atomic E-state index is 0.0692. The summed E-state index contributed by atoms with van der Waals surface area (Å²) in [6.07, 6.45) is -0.197. The van der Waals surface area contributed by atoms with Crippen LogP contribution in [0.5, 0.6) is 5.75 Å². The van der Waals surface area contributed by atoms with Gasteiger partial charge in [0.2, 0.25) is 11.2 Å². The number of rotatable bonds is 5. The maximum Gasteiger partial charge on any atom is 0.335 e. The largest absolute Gasteiger partial charge is 0.502 e. The van der Waals surface area contributed by atoms with Gasteiger partial charge in [-0.2, -0.15) is 0 Å². The fraction of sp³-hybridized carbons (Fsp3) is 0.150. The van der Waals surface area contributed by atoms with Crippen molar-refractivity contribution in [3.05, 3.63) is 75.6 Å². The lowest BCUT2D eigenvalue weighted by molar-refractivity contribution is -0.140. The number of para-hydroxylation sites is 1. The van der Waals surface area contributed by atoms with Crippen molar-refractivity contribution < 1.29 is 29.0 Å². The molecule has 1 aromatic heterocycles. The number of carbonyl (C=O) groups is 2. The van der Waals surface area contributed by atoms with Crippen LogP contribution in [0.3, 0.4) is 0 Å². The van der Waals surface area contributed by atoms with Gasteiger partial charge in [0, 0.05) is 0 Å². The van der Waals surface area contributed by atoms with Gasteiger partial charge in [-0.3, -0.25) is 9.59 Å². The van der Waals surface area contributed by atoms with Crippen molar-refractivity contribution >= 4 is 22.9 Å². The molecule has 0 aliphatic rings. The van der Waals surface area contributed by atoms with Gasteiger partial charge < -0.3 is 19.4 Å². The number of benzene rings is 2. The Morgan fingerprint density at radius 2 is 1.78 bits per heavy atom. The molecule has 0 spiro atoms. The summed E-state index contributed by atoms with van der Waals surface area (Å²) in [7, 11) is 1.23. The van der Waals surface area contributed by atoms with Crippen molar-refractivity contribution in [3.8, 4) is 5.75 Å². The third-order valence-electron chi connectivity index (χ3n) is 4.28. The number of hydrogen-bond acceptors (Lipinski definition) is 6. The molecule has 3 aromatic rings. The van der Waals surface area contributed by atoms with E-state index in [4.69, 9.17) is 14.3 Å². The van der Waals surface area contributed by atoms with Gasteiger partial charge >= 0.3 is 11.9 Å². The first-order valence-electron chi connectivity index (χ1n) is 8.07. The van der Waals surface area contributed by atoms with Crippen molar-refractivity contribution in [3.63, 3.8) is 0 Å². The maximum absolute atomic E-state index is 12.5. The predicted octanol–water partition coefficient (Wildman–Crippen LogP) is 2.89. The number of carboxylic acids is 1. The number of carboxylic acid groups (broad SMARTS) is 1. The summed E-state index contributed by atoms with van der Waals surface area (Å²) >= 11 is 0. The van der Waals surface area contributed by atoms with E-state index in [0.717, 1.165) is 0 Å². The second-order valence-electron chi connectivity index (χ2n) is 5.90. The highest BCUT2D eigenvalue weighted by Gasteiger charge is 2.27. The molecule has 7 nitrogen and oxygen atoms in total. The lowest BCUT2D eigenvalue weighted by Gasteiger charge is -2.17. The average Bonchev–Trinajstić information content (AvgIpc) is 2.69. The summed E-state index contributed by atoms with van der Waals surface area (Å²) in [5, 5.41) is 19.7. The maximum atomic E-state index is 12.5. The molecule has 0 aliphatic heterocycles. The fourth-order valence-corrected chi connectivity index (χ4v) is 2.86. The van der Waals surface area contributed by atoms with Gasteiger partial charge in [-0.15, -0.1) is 0 Å². The van der Waals surface area contributed by atoms with E-state index >= 15 is 0 Å². The number of aromatic carboxylic acids is 1. The SMILES string of the molecule is COC(=O)CC(c1ccc(C(=O)O)cc1)c1oc2ccccc2c(=O)c1O. The second kappa shape index (κ2) is 7.33. The summed E-state index contributed by atoms with van der Waals surface area (Å²) in [5.74, 6) is -3.15. The molecule has 1 heterocycles. The molecule has 0 saturated heterocycles. The van der Waals surface area contributed by atoms with Crippen LogP contribution in [0.4, 0.5) is 0 Å². The lowest BCUT2D eigenvalue weighted by Crippen LogP contribution is -2.14. The van der Waals surface area contributed by atoms with Gasteiger partial charge in [-0.05, 0) is 29.8 Å². The monoisotopic (exact) mass is 368 g/mol. The van der Waals surface area contributed by atoms with Gasteiger partial charge in [-0.25, -0.2) is 4.79 Å². The summed E-state index contributed by atoms with van der Waals surface area (Å²) in [5.41, 5.74) is 0.232. The van der Waals surface area contributed by atoms with E-state index in [1.165, 1.54) is 37.4 Å². The number of aromatic hydroxyl groups is 1. The number of hydrogen-bond donors (Lipinski definition) is 2. The van der Waals surface area contributed by atoms with Crippen LogP contribution in [0.15, 0.2) is 57.7 Å². The highest BCUT2D eigenvalue weighted by molar-refractivity contribution is 5.87. The van der Waals surface area contributed by atoms with E-state index in [1.807, 2.05) is 0 Å². The van der Waals surface area contributed by atoms with Gasteiger partial charge in [0.1, 0.15) is 5.58 Å². The third-order valence-corrected chi connectivity index (χ3v) is 4.28. The second-order valence-corrected chi connectivity index (χ2v) is 5.90. The van der Waals surface area contributed by atoms with Crippen molar-refractivity contribution in [1.29, 1.82) is 0 Å². The fourth-order valence-electron chi connectivity index (χ4n) is 2.86. The zero-order valence-electron chi connectivity index (χ0n) is 14.3. The summed E-state index contributed by atoms with van der Waals surface area (Å²) in [6, 6.07) is 12.2. The van der Waals surface area contributed by atoms with Crippen molar-refractivity contribution in [1.82, 2.24) is 0 Å². The number of ether oxygens (including phenoxy) is 1. The average molecular weight is 368 g/mol. The molecule has 0 radical (unpaired) electrons. The van der Waals surface area contributed by atoms with Crippen LogP contribution < -0.4 is 5.43 Å². The molecular formula is C20H16O7. The van der Waals surface area contributed by atoms with Gasteiger partial charge in [0.05, 0.1) is 30.4 Å². The topological polar surface area (TPSA) is 114 Å². The molecule has 7 heteroatoms. The molecule has 138 valence electrons. The Morgan fingerprint density at radius 3 is 2.41 bits per heavy atom. The first-order valence-corrected chi connectivity index (χ1v) is 8.07. The van der Waals surface area contributed by atoms with Crippen LogP contribution in [0.1, 0.15) is 34.0 Å². The van der Waals surface area contributed by atoms with Gasteiger partial charge in [0.15, 0.2) is 5.76 Å². The lowest BCUT2D eigenvalue weighted by atomic mass is 9.91. The molecule has 0 bridgehead atoms. The molecular weight excluding hydrogens is 352 g/mol. The molecule has 1 atom stereocenters. The van der Waals surface area contributed by atoms with Crippen LogP contribution in [-0.4, -0.2) is 29.3 Å². The van der Waals surface area contributed by atoms with E-state index in [-0.39, 0.29) is 28.7 Å². The quantitative estimate of drug-likeness (QED) is 0.666. The first-order chi connectivity index (χ1) is 12.9. The van der Waals surface area contributed by atoms with Gasteiger partial charge in [0.25, 0.3) is 0 Å². The number of methoxy groups -OCH3 is 1. The third kappa shape index (κ3) is 3.52. The summed E-state index contributed by atoms with van der Waals surface area (Å²) in [4.78, 5) is 35.4. The van der Waals surface area contributed by atoms with Crippen LogP contribution in [0.25, 0.3) is 11.0 Å². The Bertz CT molecular complexity index is 1060. The number of carbonyl (C=O) groups excluding carboxylic acids is 1. The molecule has 2 N–H and O–H groups in total. The van der Waals surface area contributed by atoms with Gasteiger partial charge in [-0.1, -0.05) is 24.3 Å². The zero-order chi connectivity index (χ0) is 19.6. The Morgan fingerprint density at radius 1 is 1.11 bits per heavy atom. The summed E-state index contributed by atoms with van der Waals surface area (Å²) < 4.78 is 10.4. The molecule has 0 saturated carbocycles. The summed E-state index contributed by atoms with van der Waals surface area (Å²) in [6.45, 7) is 0. The molecule has 0 fully saturated rings. The smallest absolute Gasteiger partial charge is 0.335 e. The van der Waals surface area contributed by atoms with Crippen molar-refractivity contribution in [2.45, 2.75) is 12.3 Å². The van der Waals surface area contributed by atoms with Crippen molar-refractivity contribution in [2.75, 3.05) is 7.11 Å². The van der Waals surface area contributed by atoms with E-state index in [1.54, 1.807) is 18.2 Å². The van der Waals surface area contributed by atoms with Crippen molar-refractivity contribution in [2.24, 2.45) is 0 Å². The molecule has 0 amide bonds. The molecule has 2 aromatic carbocycles. The molecule has 27 heavy (non-hydrogen) atoms. The van der Waals surface area contributed by atoms with E-state index in [0.29, 0.717) is 5.56 Å². The van der Waals surface area contributed by atoms with Crippen LogP contribution in [0, 0.1) is 0 Å². The van der Waals surface area contributed by atoms with Crippen LogP contribution in [0.2, 0.25) is 0 Å². The molecule has 3 rings (SSSR count). The highest BCUT2D eigenvalue weighted by Crippen LogP contribution is 2.34. The standard InChI is InChI=1S/C20H16O7/c1-26-16(21)10-14(11-6-8-12(9-7-11)20(24)25)19-18(23)17(22)13-4-2-3-5-15(13)27-19/h2-9,14,23H,10H2,1H3,(H,24,25). The molecule has 1 unspecified atom stereocenters. The Hall–Kier alpha value is -3.61. The minimum atomic E-state index is -1.09. The number of esters is 1. The minimum Gasteiger partial charge on any atom is -0.502 e. The van der Waals surface area contributed by atoms with Crippen LogP contribution in [-0.2, 0) is 9.53 Å². The normalized spacial score (nSPS) is 11.9. The van der Waals surface area contributed by atoms with Crippen LogP contribution >= 0.6 is 0 Å². The Labute approximate surface area is 153 Å². The number of fused-ring (bicyclic) bond motifs is 1. The van der Waals surface area contributed by atoms with E-state index < -0.39 is 29.0 Å². The first kappa shape index (κ1) is 18.2. The zero-order valence-corrected chi connectivity index (χ0v) is 14.3. The molecule has 0 aliphatic carbocycles. The van der Waals surface area contributed by atoms with E-state index in [9.17, 15) is 19.5 Å². The predicted molar refractivity (Wildman–Crippen MR) is 96.0 cm³/mol. The van der Waals surface area contributed by atoms with E-state index in [2.05, 4.69) is 0 Å². The Kier molecular flexibility index (Phi) is 4.94. The highest BCUT2D eigenvalue weighted by atomic mass is 16.5.